The Labute approximate surface area is 106 Å². The summed E-state index contributed by atoms with van der Waals surface area (Å²) in [6.07, 6.45) is 3.72. The SMILES string of the molecule is CN(CC1CCCOC1)c1cccnc1C(=O)O. The van der Waals surface area contributed by atoms with Crippen LogP contribution in [0.5, 0.6) is 0 Å². The number of hydrogen-bond donors (Lipinski definition) is 1. The molecule has 1 aromatic heterocycles. The minimum atomic E-state index is -0.989. The van der Waals surface area contributed by atoms with E-state index in [0.717, 1.165) is 32.6 Å². The molecule has 1 fully saturated rings. The monoisotopic (exact) mass is 250 g/mol. The fraction of sp³-hybridized carbons (Fsp3) is 0.538. The van der Waals surface area contributed by atoms with Gasteiger partial charge in [0.2, 0.25) is 0 Å². The van der Waals surface area contributed by atoms with E-state index in [1.165, 1.54) is 6.20 Å². The summed E-state index contributed by atoms with van der Waals surface area (Å²) in [5.41, 5.74) is 0.771. The van der Waals surface area contributed by atoms with Crippen LogP contribution in [-0.2, 0) is 4.74 Å². The summed E-state index contributed by atoms with van der Waals surface area (Å²) >= 11 is 0. The van der Waals surface area contributed by atoms with Crippen LogP contribution in [-0.4, -0.2) is 42.9 Å². The summed E-state index contributed by atoms with van der Waals surface area (Å²) in [6, 6.07) is 3.55. The fourth-order valence-corrected chi connectivity index (χ4v) is 2.31. The molecule has 0 aromatic carbocycles. The van der Waals surface area contributed by atoms with Crippen molar-refractivity contribution in [1.82, 2.24) is 4.98 Å². The quantitative estimate of drug-likeness (QED) is 0.880. The minimum Gasteiger partial charge on any atom is -0.476 e. The number of nitrogens with zero attached hydrogens (tertiary/aromatic N) is 2. The molecule has 0 bridgehead atoms. The Balaban J connectivity index is 2.08. The summed E-state index contributed by atoms with van der Waals surface area (Å²) in [5, 5.41) is 9.11. The number of anilines is 1. The van der Waals surface area contributed by atoms with Crippen molar-refractivity contribution in [2.75, 3.05) is 31.7 Å². The Morgan fingerprint density at radius 1 is 1.67 bits per heavy atom. The van der Waals surface area contributed by atoms with Gasteiger partial charge in [0, 0.05) is 26.4 Å². The van der Waals surface area contributed by atoms with E-state index in [2.05, 4.69) is 4.98 Å². The lowest BCUT2D eigenvalue weighted by Crippen LogP contribution is -2.31. The molecule has 5 heteroatoms. The van der Waals surface area contributed by atoms with Gasteiger partial charge < -0.3 is 14.7 Å². The number of carboxylic acids is 1. The van der Waals surface area contributed by atoms with Crippen molar-refractivity contribution in [2.24, 2.45) is 5.92 Å². The van der Waals surface area contributed by atoms with Crippen molar-refractivity contribution >= 4 is 11.7 Å². The molecule has 1 aromatic rings. The van der Waals surface area contributed by atoms with Crippen LogP contribution in [0.1, 0.15) is 23.3 Å². The number of aromatic carboxylic acids is 1. The van der Waals surface area contributed by atoms with Gasteiger partial charge in [-0.1, -0.05) is 0 Å². The van der Waals surface area contributed by atoms with Gasteiger partial charge in [-0.2, -0.15) is 0 Å². The summed E-state index contributed by atoms with van der Waals surface area (Å²) in [7, 11) is 1.90. The second-order valence-electron chi connectivity index (χ2n) is 4.64. The molecule has 1 unspecified atom stereocenters. The molecule has 2 heterocycles. The predicted molar refractivity (Wildman–Crippen MR) is 68.0 cm³/mol. The molecule has 1 aliphatic rings. The number of hydrogen-bond acceptors (Lipinski definition) is 4. The molecule has 18 heavy (non-hydrogen) atoms. The fourth-order valence-electron chi connectivity index (χ4n) is 2.31. The second kappa shape index (κ2) is 5.82. The van der Waals surface area contributed by atoms with Crippen LogP contribution in [0.2, 0.25) is 0 Å². The number of ether oxygens (including phenoxy) is 1. The highest BCUT2D eigenvalue weighted by Gasteiger charge is 2.19. The highest BCUT2D eigenvalue weighted by molar-refractivity contribution is 5.92. The van der Waals surface area contributed by atoms with Crippen LogP contribution >= 0.6 is 0 Å². The zero-order valence-corrected chi connectivity index (χ0v) is 10.5. The van der Waals surface area contributed by atoms with Crippen molar-refractivity contribution < 1.29 is 14.6 Å². The first-order chi connectivity index (χ1) is 8.68. The Hall–Kier alpha value is -1.62. The Bertz CT molecular complexity index is 416. The highest BCUT2D eigenvalue weighted by Crippen LogP contribution is 2.21. The van der Waals surface area contributed by atoms with Gasteiger partial charge in [-0.3, -0.25) is 0 Å². The molecule has 0 aliphatic carbocycles. The zero-order chi connectivity index (χ0) is 13.0. The molecule has 1 aliphatic heterocycles. The third-order valence-corrected chi connectivity index (χ3v) is 3.19. The zero-order valence-electron chi connectivity index (χ0n) is 10.5. The number of rotatable bonds is 4. The number of aromatic nitrogens is 1. The maximum atomic E-state index is 11.1. The smallest absolute Gasteiger partial charge is 0.356 e. The van der Waals surface area contributed by atoms with E-state index in [1.54, 1.807) is 12.1 Å². The van der Waals surface area contributed by atoms with Crippen molar-refractivity contribution in [3.63, 3.8) is 0 Å². The lowest BCUT2D eigenvalue weighted by atomic mass is 10.0. The lowest BCUT2D eigenvalue weighted by molar-refractivity contribution is 0.0576. The van der Waals surface area contributed by atoms with E-state index in [0.29, 0.717) is 11.6 Å². The molecule has 0 saturated carbocycles. The molecule has 1 N–H and O–H groups in total. The van der Waals surface area contributed by atoms with Gasteiger partial charge in [0.1, 0.15) is 0 Å². The van der Waals surface area contributed by atoms with E-state index < -0.39 is 5.97 Å². The third-order valence-electron chi connectivity index (χ3n) is 3.19. The first-order valence-electron chi connectivity index (χ1n) is 6.15. The Kier molecular flexibility index (Phi) is 4.15. The first-order valence-corrected chi connectivity index (χ1v) is 6.15. The van der Waals surface area contributed by atoms with Gasteiger partial charge in [-0.15, -0.1) is 0 Å². The largest absolute Gasteiger partial charge is 0.476 e. The molecule has 5 nitrogen and oxygen atoms in total. The van der Waals surface area contributed by atoms with Crippen LogP contribution < -0.4 is 4.90 Å². The number of pyridine rings is 1. The Morgan fingerprint density at radius 3 is 3.17 bits per heavy atom. The van der Waals surface area contributed by atoms with E-state index in [4.69, 9.17) is 9.84 Å². The molecule has 2 rings (SSSR count). The van der Waals surface area contributed by atoms with Crippen molar-refractivity contribution in [3.05, 3.63) is 24.0 Å². The lowest BCUT2D eigenvalue weighted by Gasteiger charge is -2.28. The maximum absolute atomic E-state index is 11.1. The predicted octanol–water partition coefficient (Wildman–Crippen LogP) is 1.64. The van der Waals surface area contributed by atoms with Crippen LogP contribution in [0.25, 0.3) is 0 Å². The number of carboxylic acid groups (broad SMARTS) is 1. The van der Waals surface area contributed by atoms with E-state index in [1.807, 2.05) is 11.9 Å². The molecule has 0 spiro atoms. The van der Waals surface area contributed by atoms with Crippen LogP contribution in [0.15, 0.2) is 18.3 Å². The van der Waals surface area contributed by atoms with Crippen LogP contribution in [0.4, 0.5) is 5.69 Å². The molecule has 98 valence electrons. The second-order valence-corrected chi connectivity index (χ2v) is 4.64. The van der Waals surface area contributed by atoms with Crippen LogP contribution in [0, 0.1) is 5.92 Å². The molecule has 1 saturated heterocycles. The molecule has 1 atom stereocenters. The molecule has 0 amide bonds. The van der Waals surface area contributed by atoms with Crippen molar-refractivity contribution in [2.45, 2.75) is 12.8 Å². The van der Waals surface area contributed by atoms with Gasteiger partial charge in [0.25, 0.3) is 0 Å². The average molecular weight is 250 g/mol. The third kappa shape index (κ3) is 2.98. The van der Waals surface area contributed by atoms with Gasteiger partial charge in [0.05, 0.1) is 12.3 Å². The van der Waals surface area contributed by atoms with E-state index in [-0.39, 0.29) is 5.69 Å². The highest BCUT2D eigenvalue weighted by atomic mass is 16.5. The molecule has 0 radical (unpaired) electrons. The minimum absolute atomic E-state index is 0.108. The molecular weight excluding hydrogens is 232 g/mol. The van der Waals surface area contributed by atoms with E-state index in [9.17, 15) is 4.79 Å². The Morgan fingerprint density at radius 2 is 2.50 bits per heavy atom. The van der Waals surface area contributed by atoms with Crippen molar-refractivity contribution in [1.29, 1.82) is 0 Å². The van der Waals surface area contributed by atoms with E-state index >= 15 is 0 Å². The average Bonchev–Trinajstić information content (AvgIpc) is 2.40. The van der Waals surface area contributed by atoms with Gasteiger partial charge in [-0.05, 0) is 30.9 Å². The summed E-state index contributed by atoms with van der Waals surface area (Å²) in [4.78, 5) is 17.0. The standard InChI is InChI=1S/C13H18N2O3/c1-15(8-10-4-3-7-18-9-10)11-5-2-6-14-12(11)13(16)17/h2,5-6,10H,3-4,7-9H2,1H3,(H,16,17). The summed E-state index contributed by atoms with van der Waals surface area (Å²) < 4.78 is 5.44. The van der Waals surface area contributed by atoms with Gasteiger partial charge in [0.15, 0.2) is 5.69 Å². The van der Waals surface area contributed by atoms with Crippen molar-refractivity contribution in [3.8, 4) is 0 Å². The number of carbonyl (C=O) groups is 1. The summed E-state index contributed by atoms with van der Waals surface area (Å²) in [5.74, 6) is -0.525. The maximum Gasteiger partial charge on any atom is 0.356 e. The normalized spacial score (nSPS) is 19.5. The van der Waals surface area contributed by atoms with Crippen LogP contribution in [0.3, 0.4) is 0 Å². The molecular formula is C13H18N2O3. The first kappa shape index (κ1) is 12.8. The van der Waals surface area contributed by atoms with Gasteiger partial charge in [-0.25, -0.2) is 9.78 Å². The topological polar surface area (TPSA) is 62.7 Å². The summed E-state index contributed by atoms with van der Waals surface area (Å²) in [6.45, 7) is 2.40. The van der Waals surface area contributed by atoms with Gasteiger partial charge >= 0.3 is 5.97 Å².